The molecule has 0 saturated carbocycles. The molecule has 0 spiro atoms. The van der Waals surface area contributed by atoms with Crippen molar-refractivity contribution in [1.82, 2.24) is 0 Å². The SMILES string of the molecule is C=Cc1ccc(C)c(CC)c1/C=C\C. The molecule has 1 aromatic rings. The van der Waals surface area contributed by atoms with Crippen molar-refractivity contribution >= 4 is 12.2 Å². The number of hydrogen-bond acceptors (Lipinski definition) is 0. The van der Waals surface area contributed by atoms with Crippen LogP contribution in [0.5, 0.6) is 0 Å². The summed E-state index contributed by atoms with van der Waals surface area (Å²) in [5.74, 6) is 0. The molecule has 0 atom stereocenters. The number of benzene rings is 1. The zero-order chi connectivity index (χ0) is 10.6. The molecule has 0 heterocycles. The largest absolute Gasteiger partial charge is 0.0984 e. The van der Waals surface area contributed by atoms with Gasteiger partial charge in [-0.2, -0.15) is 0 Å². The van der Waals surface area contributed by atoms with Crippen LogP contribution in [-0.2, 0) is 6.42 Å². The van der Waals surface area contributed by atoms with Crippen LogP contribution in [0, 0.1) is 6.92 Å². The van der Waals surface area contributed by atoms with Crippen LogP contribution in [0.15, 0.2) is 24.8 Å². The third-order valence-corrected chi connectivity index (χ3v) is 2.53. The Bertz CT molecular complexity index is 357. The minimum absolute atomic E-state index is 1.08. The van der Waals surface area contributed by atoms with Gasteiger partial charge in [0, 0.05) is 0 Å². The Balaban J connectivity index is 3.43. The topological polar surface area (TPSA) is 0 Å². The van der Waals surface area contributed by atoms with Crippen molar-refractivity contribution in [2.24, 2.45) is 0 Å². The van der Waals surface area contributed by atoms with Crippen molar-refractivity contribution in [2.45, 2.75) is 27.2 Å². The van der Waals surface area contributed by atoms with Crippen LogP contribution in [0.25, 0.3) is 12.2 Å². The van der Waals surface area contributed by atoms with Crippen LogP contribution in [0.4, 0.5) is 0 Å². The first-order valence-electron chi connectivity index (χ1n) is 5.12. The zero-order valence-corrected chi connectivity index (χ0v) is 9.30. The molecular formula is C14H18. The fourth-order valence-electron chi connectivity index (χ4n) is 1.80. The molecule has 0 aliphatic carbocycles. The number of aryl methyl sites for hydroxylation is 1. The molecule has 0 N–H and O–H groups in total. The molecule has 0 bridgehead atoms. The second-order valence-corrected chi connectivity index (χ2v) is 3.42. The van der Waals surface area contributed by atoms with Gasteiger partial charge in [0.15, 0.2) is 0 Å². The van der Waals surface area contributed by atoms with E-state index < -0.39 is 0 Å². The Hall–Kier alpha value is -1.30. The maximum Gasteiger partial charge on any atom is -0.0153 e. The van der Waals surface area contributed by atoms with Crippen LogP contribution >= 0.6 is 0 Å². The van der Waals surface area contributed by atoms with Crippen LogP contribution in [0.3, 0.4) is 0 Å². The van der Waals surface area contributed by atoms with Gasteiger partial charge in [0.1, 0.15) is 0 Å². The van der Waals surface area contributed by atoms with Crippen LogP contribution < -0.4 is 0 Å². The third-order valence-electron chi connectivity index (χ3n) is 2.53. The highest BCUT2D eigenvalue weighted by molar-refractivity contribution is 5.68. The summed E-state index contributed by atoms with van der Waals surface area (Å²) in [7, 11) is 0. The molecule has 0 aromatic heterocycles. The van der Waals surface area contributed by atoms with E-state index in [0.717, 1.165) is 6.42 Å². The molecule has 1 aromatic carbocycles. The summed E-state index contributed by atoms with van der Waals surface area (Å²) in [5.41, 5.74) is 5.35. The molecule has 0 heteroatoms. The molecule has 74 valence electrons. The lowest BCUT2D eigenvalue weighted by atomic mass is 9.94. The first kappa shape index (κ1) is 10.8. The van der Waals surface area contributed by atoms with Crippen molar-refractivity contribution in [3.05, 3.63) is 47.0 Å². The van der Waals surface area contributed by atoms with E-state index in [0.29, 0.717) is 0 Å². The summed E-state index contributed by atoms with van der Waals surface area (Å²) in [6, 6.07) is 4.31. The summed E-state index contributed by atoms with van der Waals surface area (Å²) >= 11 is 0. The molecule has 0 saturated heterocycles. The summed E-state index contributed by atoms with van der Waals surface area (Å²) in [4.78, 5) is 0. The lowest BCUT2D eigenvalue weighted by molar-refractivity contribution is 1.10. The molecule has 1 rings (SSSR count). The standard InChI is InChI=1S/C14H18/c1-5-8-14-12(6-2)10-9-11(4)13(14)7-3/h5-6,8-10H,2,7H2,1,3-4H3/b8-5-. The summed E-state index contributed by atoms with van der Waals surface area (Å²) in [6.07, 6.45) is 7.25. The quantitative estimate of drug-likeness (QED) is 0.662. The summed E-state index contributed by atoms with van der Waals surface area (Å²) in [5, 5.41) is 0. The van der Waals surface area contributed by atoms with Crippen LogP contribution in [-0.4, -0.2) is 0 Å². The lowest BCUT2D eigenvalue weighted by Gasteiger charge is -2.11. The fourth-order valence-corrected chi connectivity index (χ4v) is 1.80. The molecule has 0 nitrogen and oxygen atoms in total. The highest BCUT2D eigenvalue weighted by Crippen LogP contribution is 2.22. The molecule has 14 heavy (non-hydrogen) atoms. The molecule has 0 amide bonds. The van der Waals surface area contributed by atoms with Gasteiger partial charge >= 0.3 is 0 Å². The first-order chi connectivity index (χ1) is 6.74. The van der Waals surface area contributed by atoms with Gasteiger partial charge in [-0.3, -0.25) is 0 Å². The Morgan fingerprint density at radius 3 is 2.57 bits per heavy atom. The van der Waals surface area contributed by atoms with Gasteiger partial charge in [0.05, 0.1) is 0 Å². The van der Waals surface area contributed by atoms with Crippen molar-refractivity contribution in [3.8, 4) is 0 Å². The minimum Gasteiger partial charge on any atom is -0.0984 e. The Labute approximate surface area is 87.0 Å². The van der Waals surface area contributed by atoms with Crippen LogP contribution in [0.2, 0.25) is 0 Å². The second-order valence-electron chi connectivity index (χ2n) is 3.42. The van der Waals surface area contributed by atoms with E-state index in [4.69, 9.17) is 0 Å². The average Bonchev–Trinajstić information content (AvgIpc) is 2.19. The molecule has 0 aliphatic heterocycles. The van der Waals surface area contributed by atoms with Crippen LogP contribution in [0.1, 0.15) is 36.1 Å². The number of rotatable bonds is 3. The van der Waals surface area contributed by atoms with E-state index in [2.05, 4.69) is 51.6 Å². The normalized spacial score (nSPS) is 10.8. The van der Waals surface area contributed by atoms with E-state index in [1.807, 2.05) is 6.08 Å². The van der Waals surface area contributed by atoms with Crippen molar-refractivity contribution in [1.29, 1.82) is 0 Å². The molecule has 0 radical (unpaired) electrons. The van der Waals surface area contributed by atoms with E-state index in [1.54, 1.807) is 0 Å². The van der Waals surface area contributed by atoms with E-state index >= 15 is 0 Å². The van der Waals surface area contributed by atoms with Gasteiger partial charge in [0.2, 0.25) is 0 Å². The van der Waals surface area contributed by atoms with Gasteiger partial charge in [-0.25, -0.2) is 0 Å². The molecule has 0 fully saturated rings. The van der Waals surface area contributed by atoms with Gasteiger partial charge < -0.3 is 0 Å². The number of allylic oxidation sites excluding steroid dienone is 1. The Kier molecular flexibility index (Phi) is 3.70. The van der Waals surface area contributed by atoms with Gasteiger partial charge in [-0.05, 0) is 42.5 Å². The molecule has 0 unspecified atom stereocenters. The van der Waals surface area contributed by atoms with E-state index in [9.17, 15) is 0 Å². The highest BCUT2D eigenvalue weighted by Gasteiger charge is 2.04. The maximum atomic E-state index is 3.85. The van der Waals surface area contributed by atoms with Crippen molar-refractivity contribution in [2.75, 3.05) is 0 Å². The van der Waals surface area contributed by atoms with Crippen molar-refractivity contribution in [3.63, 3.8) is 0 Å². The number of hydrogen-bond donors (Lipinski definition) is 0. The minimum atomic E-state index is 1.08. The molecule has 0 aliphatic rings. The van der Waals surface area contributed by atoms with Crippen molar-refractivity contribution < 1.29 is 0 Å². The highest BCUT2D eigenvalue weighted by atomic mass is 14.1. The van der Waals surface area contributed by atoms with Gasteiger partial charge in [-0.1, -0.05) is 43.9 Å². The fraction of sp³-hybridized carbons (Fsp3) is 0.286. The van der Waals surface area contributed by atoms with Gasteiger partial charge in [0.25, 0.3) is 0 Å². The molecular weight excluding hydrogens is 168 g/mol. The first-order valence-corrected chi connectivity index (χ1v) is 5.12. The predicted molar refractivity (Wildman–Crippen MR) is 65.4 cm³/mol. The third kappa shape index (κ3) is 1.95. The second kappa shape index (κ2) is 4.80. The smallest absolute Gasteiger partial charge is 0.0153 e. The summed E-state index contributed by atoms with van der Waals surface area (Å²) in [6.45, 7) is 10.3. The zero-order valence-electron chi connectivity index (χ0n) is 9.30. The Morgan fingerprint density at radius 1 is 1.36 bits per heavy atom. The lowest BCUT2D eigenvalue weighted by Crippen LogP contribution is -1.94. The van der Waals surface area contributed by atoms with E-state index in [1.165, 1.54) is 22.3 Å². The monoisotopic (exact) mass is 186 g/mol. The predicted octanol–water partition coefficient (Wildman–Crippen LogP) is 4.23. The Morgan fingerprint density at radius 2 is 2.07 bits per heavy atom. The summed E-state index contributed by atoms with van der Waals surface area (Å²) < 4.78 is 0. The van der Waals surface area contributed by atoms with E-state index in [-0.39, 0.29) is 0 Å². The van der Waals surface area contributed by atoms with Gasteiger partial charge in [-0.15, -0.1) is 0 Å². The average molecular weight is 186 g/mol. The maximum absolute atomic E-state index is 3.85.